The Morgan fingerprint density at radius 3 is 2.73 bits per heavy atom. The summed E-state index contributed by atoms with van der Waals surface area (Å²) >= 11 is 5.01. The number of esters is 1. The second-order valence-electron chi connectivity index (χ2n) is 4.52. The Morgan fingerprint density at radius 2 is 2.05 bits per heavy atom. The van der Waals surface area contributed by atoms with Gasteiger partial charge in [-0.2, -0.15) is 0 Å². The molecular weight excluding hydrogens is 364 g/mol. The summed E-state index contributed by atoms with van der Waals surface area (Å²) in [4.78, 5) is 17.7. The number of pyridine rings is 1. The molecule has 0 fully saturated rings. The van der Waals surface area contributed by atoms with Gasteiger partial charge in [0, 0.05) is 21.8 Å². The topological polar surface area (TPSA) is 44.1 Å². The minimum atomic E-state index is -0.347. The first-order valence-electron chi connectivity index (χ1n) is 6.62. The highest BCUT2D eigenvalue weighted by atomic mass is 79.9. The second-order valence-corrected chi connectivity index (χ2v) is 6.10. The molecule has 3 aromatic rings. The Kier molecular flexibility index (Phi) is 4.49. The van der Waals surface area contributed by atoms with E-state index in [0.29, 0.717) is 10.9 Å². The van der Waals surface area contributed by atoms with Gasteiger partial charge in [0.05, 0.1) is 18.4 Å². The van der Waals surface area contributed by atoms with Crippen molar-refractivity contribution in [2.45, 2.75) is 10.2 Å². The van der Waals surface area contributed by atoms with Crippen LogP contribution in [0.4, 0.5) is 0 Å². The molecular formula is C16H13BrN2O2S. The van der Waals surface area contributed by atoms with Crippen LogP contribution in [0.15, 0.2) is 53.6 Å². The van der Waals surface area contributed by atoms with Crippen molar-refractivity contribution in [2.75, 3.05) is 7.11 Å². The van der Waals surface area contributed by atoms with Gasteiger partial charge in [0.2, 0.25) is 0 Å². The van der Waals surface area contributed by atoms with Crippen molar-refractivity contribution in [1.82, 2.24) is 8.96 Å². The molecule has 0 saturated carbocycles. The Hall–Kier alpha value is -1.79. The molecule has 6 heteroatoms. The fourth-order valence-electron chi connectivity index (χ4n) is 2.27. The molecule has 0 saturated heterocycles. The highest BCUT2D eigenvalue weighted by Crippen LogP contribution is 2.33. The van der Waals surface area contributed by atoms with Gasteiger partial charge in [-0.3, -0.25) is 3.97 Å². The first-order valence-corrected chi connectivity index (χ1v) is 8.51. The van der Waals surface area contributed by atoms with Gasteiger partial charge in [-0.15, -0.1) is 0 Å². The van der Waals surface area contributed by atoms with Crippen LogP contribution in [0.25, 0.3) is 11.0 Å². The molecule has 0 atom stereocenters. The van der Waals surface area contributed by atoms with E-state index < -0.39 is 0 Å². The number of hydrogen-bond acceptors (Lipinski definition) is 4. The summed E-state index contributed by atoms with van der Waals surface area (Å²) in [5.74, 6) is -0.347. The third kappa shape index (κ3) is 2.64. The molecule has 22 heavy (non-hydrogen) atoms. The van der Waals surface area contributed by atoms with Crippen LogP contribution in [0.5, 0.6) is 0 Å². The quantitative estimate of drug-likeness (QED) is 0.503. The van der Waals surface area contributed by atoms with E-state index in [1.165, 1.54) is 19.1 Å². The van der Waals surface area contributed by atoms with Crippen molar-refractivity contribution in [2.24, 2.45) is 0 Å². The SMILES string of the molecule is COC(=O)c1c(CBr)n(Sc2ccccc2)c2ncccc12. The summed E-state index contributed by atoms with van der Waals surface area (Å²) < 4.78 is 6.92. The van der Waals surface area contributed by atoms with Gasteiger partial charge in [0.15, 0.2) is 5.65 Å². The molecule has 112 valence electrons. The van der Waals surface area contributed by atoms with Crippen molar-refractivity contribution < 1.29 is 9.53 Å². The number of aromatic nitrogens is 2. The van der Waals surface area contributed by atoms with Crippen LogP contribution in [-0.4, -0.2) is 22.0 Å². The van der Waals surface area contributed by atoms with Gasteiger partial charge in [-0.25, -0.2) is 9.78 Å². The number of rotatable bonds is 4. The molecule has 0 radical (unpaired) electrons. The molecule has 0 amide bonds. The molecule has 0 aliphatic carbocycles. The Bertz CT molecular complexity index is 818. The van der Waals surface area contributed by atoms with Crippen molar-refractivity contribution in [3.8, 4) is 0 Å². The van der Waals surface area contributed by atoms with Gasteiger partial charge in [-0.05, 0) is 36.2 Å². The largest absolute Gasteiger partial charge is 0.465 e. The zero-order valence-electron chi connectivity index (χ0n) is 11.8. The molecule has 0 bridgehead atoms. The van der Waals surface area contributed by atoms with E-state index in [-0.39, 0.29) is 5.97 Å². The first-order chi connectivity index (χ1) is 10.8. The predicted molar refractivity (Wildman–Crippen MR) is 91.4 cm³/mol. The van der Waals surface area contributed by atoms with Crippen LogP contribution in [-0.2, 0) is 10.1 Å². The molecule has 2 aromatic heterocycles. The lowest BCUT2D eigenvalue weighted by Gasteiger charge is -2.08. The van der Waals surface area contributed by atoms with Gasteiger partial charge >= 0.3 is 5.97 Å². The summed E-state index contributed by atoms with van der Waals surface area (Å²) in [5.41, 5.74) is 2.16. The lowest BCUT2D eigenvalue weighted by molar-refractivity contribution is 0.0602. The monoisotopic (exact) mass is 376 g/mol. The fraction of sp³-hybridized carbons (Fsp3) is 0.125. The molecule has 0 unspecified atom stereocenters. The van der Waals surface area contributed by atoms with E-state index in [0.717, 1.165) is 21.6 Å². The van der Waals surface area contributed by atoms with Gasteiger partial charge in [0.25, 0.3) is 0 Å². The molecule has 3 rings (SSSR count). The van der Waals surface area contributed by atoms with Crippen molar-refractivity contribution >= 4 is 44.9 Å². The standard InChI is InChI=1S/C16H13BrN2O2S/c1-21-16(20)14-12-8-5-9-18-15(12)19(13(14)10-17)22-11-6-3-2-4-7-11/h2-9H,10H2,1H3. The maximum atomic E-state index is 12.2. The van der Waals surface area contributed by atoms with E-state index in [9.17, 15) is 4.79 Å². The van der Waals surface area contributed by atoms with Crippen LogP contribution >= 0.6 is 27.9 Å². The van der Waals surface area contributed by atoms with Crippen LogP contribution in [0.1, 0.15) is 16.1 Å². The normalized spacial score (nSPS) is 10.8. The fourth-order valence-corrected chi connectivity index (χ4v) is 3.96. The average molecular weight is 377 g/mol. The van der Waals surface area contributed by atoms with Gasteiger partial charge < -0.3 is 4.74 Å². The van der Waals surface area contributed by atoms with Gasteiger partial charge in [0.1, 0.15) is 0 Å². The maximum Gasteiger partial charge on any atom is 0.340 e. The maximum absolute atomic E-state index is 12.2. The van der Waals surface area contributed by atoms with Crippen molar-refractivity contribution in [1.29, 1.82) is 0 Å². The highest BCUT2D eigenvalue weighted by Gasteiger charge is 2.23. The van der Waals surface area contributed by atoms with Crippen LogP contribution in [0.2, 0.25) is 0 Å². The highest BCUT2D eigenvalue weighted by molar-refractivity contribution is 9.08. The molecule has 0 N–H and O–H groups in total. The minimum Gasteiger partial charge on any atom is -0.465 e. The number of benzene rings is 1. The number of carbonyl (C=O) groups is 1. The zero-order chi connectivity index (χ0) is 15.5. The third-order valence-corrected chi connectivity index (χ3v) is 4.83. The summed E-state index contributed by atoms with van der Waals surface area (Å²) in [6.07, 6.45) is 1.73. The lowest BCUT2D eigenvalue weighted by Crippen LogP contribution is -2.05. The average Bonchev–Trinajstić information content (AvgIpc) is 2.89. The molecule has 0 spiro atoms. The number of halogens is 1. The minimum absolute atomic E-state index is 0.347. The van der Waals surface area contributed by atoms with Gasteiger partial charge in [-0.1, -0.05) is 34.1 Å². The van der Waals surface area contributed by atoms with Crippen LogP contribution in [0, 0.1) is 0 Å². The number of fused-ring (bicyclic) bond motifs is 1. The predicted octanol–water partition coefficient (Wildman–Crippen LogP) is 4.27. The zero-order valence-corrected chi connectivity index (χ0v) is 14.2. The van der Waals surface area contributed by atoms with E-state index >= 15 is 0 Å². The molecule has 2 heterocycles. The Labute approximate surface area is 140 Å². The van der Waals surface area contributed by atoms with E-state index in [1.54, 1.807) is 6.20 Å². The number of methoxy groups -OCH3 is 1. The number of hydrogen-bond donors (Lipinski definition) is 0. The lowest BCUT2D eigenvalue weighted by atomic mass is 10.2. The summed E-state index contributed by atoms with van der Waals surface area (Å²) in [6, 6.07) is 13.7. The van der Waals surface area contributed by atoms with E-state index in [4.69, 9.17) is 4.74 Å². The van der Waals surface area contributed by atoms with E-state index in [2.05, 4.69) is 20.9 Å². The summed E-state index contributed by atoms with van der Waals surface area (Å²) in [5, 5.41) is 1.33. The van der Waals surface area contributed by atoms with E-state index in [1.807, 2.05) is 46.4 Å². The summed E-state index contributed by atoms with van der Waals surface area (Å²) in [6.45, 7) is 0. The number of ether oxygens (including phenoxy) is 1. The second kappa shape index (κ2) is 6.54. The van der Waals surface area contributed by atoms with Crippen molar-refractivity contribution in [3.63, 3.8) is 0 Å². The number of carbonyl (C=O) groups excluding carboxylic acids is 1. The van der Waals surface area contributed by atoms with Crippen molar-refractivity contribution in [3.05, 3.63) is 59.9 Å². The van der Waals surface area contributed by atoms with Crippen LogP contribution < -0.4 is 0 Å². The molecule has 0 aliphatic rings. The Morgan fingerprint density at radius 1 is 1.27 bits per heavy atom. The Balaban J connectivity index is 2.22. The smallest absolute Gasteiger partial charge is 0.340 e. The number of alkyl halides is 1. The summed E-state index contributed by atoms with van der Waals surface area (Å²) in [7, 11) is 1.39. The molecule has 0 aliphatic heterocycles. The number of nitrogens with zero attached hydrogens (tertiary/aromatic N) is 2. The third-order valence-electron chi connectivity index (χ3n) is 3.24. The first kappa shape index (κ1) is 15.1. The van der Waals surface area contributed by atoms with Crippen LogP contribution in [0.3, 0.4) is 0 Å². The molecule has 4 nitrogen and oxygen atoms in total. The molecule has 1 aromatic carbocycles.